The maximum absolute atomic E-state index is 11.6. The summed E-state index contributed by atoms with van der Waals surface area (Å²) in [6, 6.07) is 6.71. The predicted molar refractivity (Wildman–Crippen MR) is 129 cm³/mol. The van der Waals surface area contributed by atoms with Gasteiger partial charge in [0.2, 0.25) is 0 Å². The number of carbonyl (C=O) groups is 1. The van der Waals surface area contributed by atoms with Crippen molar-refractivity contribution >= 4 is 5.97 Å². The summed E-state index contributed by atoms with van der Waals surface area (Å²) >= 11 is 0. The number of piperidine rings is 1. The number of carboxylic acids is 1. The quantitative estimate of drug-likeness (QED) is 0.413. The summed E-state index contributed by atoms with van der Waals surface area (Å²) < 4.78 is 0. The fraction of sp³-hybridized carbons (Fsp3) is 0.750. The third-order valence-corrected chi connectivity index (χ3v) is 8.79. The molecule has 4 nitrogen and oxygen atoms in total. The molecular formula is C28H43NO3. The summed E-state index contributed by atoms with van der Waals surface area (Å²) in [6.07, 6.45) is 11.1. The molecular weight excluding hydrogens is 398 g/mol. The standard InChI is InChI=1S/C28H43NO3/c1-19(2)15-23(27(31)32)7-5-4-6-12-28-13-14-29(18-21-8-9-21)26(20(28)3)16-22-10-11-24(30)17-25(22)28/h10-11,17,19-21,23,26,30H,4-9,12-16,18H2,1-3H3,(H,31,32)/t20-,23-,26+,28+/m0/s1. The fourth-order valence-corrected chi connectivity index (χ4v) is 6.80. The van der Waals surface area contributed by atoms with Crippen LogP contribution >= 0.6 is 0 Å². The number of phenolic OH excluding ortho intramolecular Hbond substituents is 1. The molecule has 178 valence electrons. The molecule has 0 unspecified atom stereocenters. The van der Waals surface area contributed by atoms with Crippen molar-refractivity contribution in [2.24, 2.45) is 23.7 Å². The number of aliphatic carboxylic acids is 1. The van der Waals surface area contributed by atoms with Crippen LogP contribution in [0.15, 0.2) is 18.2 Å². The van der Waals surface area contributed by atoms with Gasteiger partial charge in [-0.15, -0.1) is 0 Å². The number of nitrogens with zero attached hydrogens (tertiary/aromatic N) is 1. The topological polar surface area (TPSA) is 60.8 Å². The third-order valence-electron chi connectivity index (χ3n) is 8.79. The zero-order valence-electron chi connectivity index (χ0n) is 20.4. The van der Waals surface area contributed by atoms with E-state index in [1.54, 1.807) is 0 Å². The summed E-state index contributed by atoms with van der Waals surface area (Å²) in [5.74, 6) is 1.51. The van der Waals surface area contributed by atoms with E-state index in [0.717, 1.165) is 50.9 Å². The Morgan fingerprint density at radius 1 is 1.22 bits per heavy atom. The number of fused-ring (bicyclic) bond motifs is 4. The monoisotopic (exact) mass is 441 g/mol. The normalized spacial score (nSPS) is 28.5. The molecule has 1 saturated heterocycles. The highest BCUT2D eigenvalue weighted by Crippen LogP contribution is 2.53. The van der Waals surface area contributed by atoms with Crippen LogP contribution in [0.4, 0.5) is 0 Å². The van der Waals surface area contributed by atoms with Crippen LogP contribution in [-0.4, -0.2) is 40.2 Å². The molecule has 0 radical (unpaired) electrons. The Morgan fingerprint density at radius 2 is 2.00 bits per heavy atom. The average Bonchev–Trinajstić information content (AvgIpc) is 3.55. The van der Waals surface area contributed by atoms with Crippen LogP contribution in [0.25, 0.3) is 0 Å². The van der Waals surface area contributed by atoms with Crippen molar-refractivity contribution in [1.82, 2.24) is 4.90 Å². The highest BCUT2D eigenvalue weighted by atomic mass is 16.4. The van der Waals surface area contributed by atoms with Gasteiger partial charge >= 0.3 is 5.97 Å². The van der Waals surface area contributed by atoms with E-state index in [2.05, 4.69) is 37.8 Å². The van der Waals surface area contributed by atoms with Gasteiger partial charge in [-0.2, -0.15) is 0 Å². The van der Waals surface area contributed by atoms with Gasteiger partial charge in [0.1, 0.15) is 5.75 Å². The first-order valence-electron chi connectivity index (χ1n) is 13.1. The van der Waals surface area contributed by atoms with E-state index in [1.807, 2.05) is 6.07 Å². The molecule has 0 spiro atoms. The van der Waals surface area contributed by atoms with E-state index in [0.29, 0.717) is 23.6 Å². The van der Waals surface area contributed by atoms with E-state index in [1.165, 1.54) is 43.5 Å². The van der Waals surface area contributed by atoms with Crippen molar-refractivity contribution in [1.29, 1.82) is 0 Å². The van der Waals surface area contributed by atoms with Crippen molar-refractivity contribution in [3.63, 3.8) is 0 Å². The second-order valence-electron chi connectivity index (χ2n) is 11.5. The van der Waals surface area contributed by atoms with Crippen LogP contribution in [0, 0.1) is 23.7 Å². The number of hydrogen-bond donors (Lipinski definition) is 2. The Bertz CT molecular complexity index is 802. The number of hydrogen-bond acceptors (Lipinski definition) is 3. The maximum Gasteiger partial charge on any atom is 0.306 e. The average molecular weight is 442 g/mol. The molecule has 3 aliphatic rings. The van der Waals surface area contributed by atoms with Gasteiger partial charge in [0.05, 0.1) is 5.92 Å². The number of phenols is 1. The molecule has 1 heterocycles. The molecule has 1 aliphatic heterocycles. The van der Waals surface area contributed by atoms with E-state index in [-0.39, 0.29) is 11.3 Å². The lowest BCUT2D eigenvalue weighted by Crippen LogP contribution is -2.59. The van der Waals surface area contributed by atoms with Gasteiger partial charge in [-0.25, -0.2) is 0 Å². The summed E-state index contributed by atoms with van der Waals surface area (Å²) in [7, 11) is 0. The minimum absolute atomic E-state index is 0.154. The first-order valence-corrected chi connectivity index (χ1v) is 13.1. The van der Waals surface area contributed by atoms with Gasteiger partial charge < -0.3 is 10.2 Å². The molecule has 0 amide bonds. The Morgan fingerprint density at radius 3 is 2.69 bits per heavy atom. The molecule has 2 aliphatic carbocycles. The Kier molecular flexibility index (Phi) is 7.19. The summed E-state index contributed by atoms with van der Waals surface area (Å²) in [6.45, 7) is 9.12. The number of aromatic hydroxyl groups is 1. The second kappa shape index (κ2) is 9.75. The minimum atomic E-state index is -0.631. The van der Waals surface area contributed by atoms with E-state index in [4.69, 9.17) is 0 Å². The molecule has 2 fully saturated rings. The van der Waals surface area contributed by atoms with Gasteiger partial charge in [0.25, 0.3) is 0 Å². The molecule has 1 aromatic rings. The van der Waals surface area contributed by atoms with Crippen molar-refractivity contribution in [2.45, 2.75) is 96.4 Å². The van der Waals surface area contributed by atoms with Crippen LogP contribution in [0.2, 0.25) is 0 Å². The van der Waals surface area contributed by atoms with Crippen LogP contribution in [0.5, 0.6) is 5.75 Å². The van der Waals surface area contributed by atoms with Crippen LogP contribution in [0.3, 0.4) is 0 Å². The minimum Gasteiger partial charge on any atom is -0.508 e. The lowest BCUT2D eigenvalue weighted by Gasteiger charge is -2.56. The van der Waals surface area contributed by atoms with Crippen molar-refractivity contribution in [2.75, 3.05) is 13.1 Å². The van der Waals surface area contributed by atoms with Gasteiger partial charge in [-0.1, -0.05) is 46.1 Å². The summed E-state index contributed by atoms with van der Waals surface area (Å²) in [5.41, 5.74) is 2.99. The molecule has 1 aromatic carbocycles. The van der Waals surface area contributed by atoms with Crippen LogP contribution in [0.1, 0.15) is 89.7 Å². The SMILES string of the molecule is CC(C)C[C@H](CCCCC[C@]12CCN(CC3CC3)[C@H](Cc3ccc(O)cc31)[C@@H]2C)C(=O)O. The lowest BCUT2D eigenvalue weighted by atomic mass is 9.56. The molecule has 2 N–H and O–H groups in total. The first kappa shape index (κ1) is 23.6. The zero-order chi connectivity index (χ0) is 22.9. The van der Waals surface area contributed by atoms with E-state index >= 15 is 0 Å². The number of likely N-dealkylation sites (tertiary alicyclic amines) is 1. The fourth-order valence-electron chi connectivity index (χ4n) is 6.80. The molecule has 32 heavy (non-hydrogen) atoms. The highest BCUT2D eigenvalue weighted by Gasteiger charge is 2.51. The molecule has 1 saturated carbocycles. The molecule has 2 bridgehead atoms. The number of unbranched alkanes of at least 4 members (excludes halogenated alkanes) is 2. The predicted octanol–water partition coefficient (Wildman–Crippen LogP) is 6.00. The maximum atomic E-state index is 11.6. The summed E-state index contributed by atoms with van der Waals surface area (Å²) in [5, 5.41) is 19.8. The zero-order valence-corrected chi connectivity index (χ0v) is 20.4. The number of benzene rings is 1. The van der Waals surface area contributed by atoms with E-state index in [9.17, 15) is 15.0 Å². The second-order valence-corrected chi connectivity index (χ2v) is 11.5. The Balaban J connectivity index is 1.43. The van der Waals surface area contributed by atoms with Gasteiger partial charge in [0, 0.05) is 18.0 Å². The highest BCUT2D eigenvalue weighted by molar-refractivity contribution is 5.69. The Hall–Kier alpha value is -1.55. The lowest BCUT2D eigenvalue weighted by molar-refractivity contribution is -0.142. The van der Waals surface area contributed by atoms with Crippen molar-refractivity contribution in [3.05, 3.63) is 29.3 Å². The first-order chi connectivity index (χ1) is 15.3. The number of rotatable bonds is 11. The smallest absolute Gasteiger partial charge is 0.306 e. The Labute approximate surface area is 194 Å². The van der Waals surface area contributed by atoms with Gasteiger partial charge in [-0.3, -0.25) is 9.69 Å². The third kappa shape index (κ3) is 5.00. The molecule has 4 atom stereocenters. The van der Waals surface area contributed by atoms with Crippen molar-refractivity contribution < 1.29 is 15.0 Å². The van der Waals surface area contributed by atoms with E-state index < -0.39 is 5.97 Å². The molecule has 0 aromatic heterocycles. The molecule has 4 rings (SSSR count). The largest absolute Gasteiger partial charge is 0.508 e. The molecule has 4 heteroatoms. The van der Waals surface area contributed by atoms with Crippen LogP contribution in [-0.2, 0) is 16.6 Å². The summed E-state index contributed by atoms with van der Waals surface area (Å²) in [4.78, 5) is 14.4. The number of carboxylic acid groups (broad SMARTS) is 1. The van der Waals surface area contributed by atoms with Gasteiger partial charge in [0.15, 0.2) is 0 Å². The van der Waals surface area contributed by atoms with Crippen LogP contribution < -0.4 is 0 Å². The van der Waals surface area contributed by atoms with Gasteiger partial charge in [-0.05, 0) is 92.5 Å². The van der Waals surface area contributed by atoms with Crippen molar-refractivity contribution in [3.8, 4) is 5.75 Å².